The Morgan fingerprint density at radius 2 is 2.00 bits per heavy atom. The predicted octanol–water partition coefficient (Wildman–Crippen LogP) is 2.29. The quantitative estimate of drug-likeness (QED) is 0.727. The van der Waals surface area contributed by atoms with Crippen LogP contribution in [-0.2, 0) is 11.3 Å². The molecule has 0 bridgehead atoms. The van der Waals surface area contributed by atoms with Crippen LogP contribution in [0.3, 0.4) is 0 Å². The van der Waals surface area contributed by atoms with E-state index in [-0.39, 0.29) is 25.2 Å². The monoisotopic (exact) mass is 365 g/mol. The Bertz CT molecular complexity index is 1010. The van der Waals surface area contributed by atoms with Gasteiger partial charge in [0.2, 0.25) is 12.7 Å². The summed E-state index contributed by atoms with van der Waals surface area (Å²) in [6.45, 7) is 0.540. The van der Waals surface area contributed by atoms with Gasteiger partial charge >= 0.3 is 0 Å². The van der Waals surface area contributed by atoms with Crippen LogP contribution >= 0.6 is 0 Å². The highest BCUT2D eigenvalue weighted by Gasteiger charge is 2.17. The molecular formula is C20H19N3O4. The average Bonchev–Trinajstić information content (AvgIpc) is 3.34. The first-order chi connectivity index (χ1) is 13.1. The number of H-pyrrole nitrogens is 1. The number of fused-ring (bicyclic) bond motifs is 2. The van der Waals surface area contributed by atoms with Crippen molar-refractivity contribution in [3.63, 3.8) is 0 Å². The molecule has 2 aromatic carbocycles. The third-order valence-corrected chi connectivity index (χ3v) is 4.55. The van der Waals surface area contributed by atoms with Gasteiger partial charge in [-0.25, -0.2) is 0 Å². The van der Waals surface area contributed by atoms with Crippen LogP contribution in [-0.4, -0.2) is 42.1 Å². The number of aromatic amines is 1. The van der Waals surface area contributed by atoms with Crippen LogP contribution in [0.25, 0.3) is 10.9 Å². The molecule has 1 aromatic heterocycles. The van der Waals surface area contributed by atoms with E-state index in [1.165, 1.54) is 0 Å². The molecule has 2 amide bonds. The van der Waals surface area contributed by atoms with E-state index >= 15 is 0 Å². The lowest BCUT2D eigenvalue weighted by molar-refractivity contribution is -0.129. The number of nitrogens with zero attached hydrogens (tertiary/aromatic N) is 1. The highest BCUT2D eigenvalue weighted by molar-refractivity contribution is 5.97. The van der Waals surface area contributed by atoms with Crippen molar-refractivity contribution in [2.45, 2.75) is 6.54 Å². The molecule has 1 aliphatic rings. The molecule has 0 radical (unpaired) electrons. The van der Waals surface area contributed by atoms with Crippen LogP contribution in [0.1, 0.15) is 15.9 Å². The maximum atomic E-state index is 12.4. The number of likely N-dealkylation sites (N-methyl/N-ethyl adjacent to an activating group) is 1. The number of aromatic nitrogens is 1. The number of amides is 2. The highest BCUT2D eigenvalue weighted by Crippen LogP contribution is 2.32. The van der Waals surface area contributed by atoms with Gasteiger partial charge in [0.25, 0.3) is 5.91 Å². The van der Waals surface area contributed by atoms with E-state index in [1.54, 1.807) is 30.1 Å². The standard InChI is InChI=1S/C20H19N3O4/c1-23(11-14-3-2-4-16-15(14)7-8-21-16)19(24)10-22-20(25)13-5-6-17-18(9-13)27-12-26-17/h2-9,21H,10-12H2,1H3,(H,22,25). The molecular weight excluding hydrogens is 346 g/mol. The van der Waals surface area contributed by atoms with Gasteiger partial charge in [0.15, 0.2) is 11.5 Å². The summed E-state index contributed by atoms with van der Waals surface area (Å²) in [5.41, 5.74) is 2.50. The molecule has 0 saturated heterocycles. The average molecular weight is 365 g/mol. The van der Waals surface area contributed by atoms with Crippen LogP contribution in [0.4, 0.5) is 0 Å². The Kier molecular flexibility index (Phi) is 4.42. The first-order valence-corrected chi connectivity index (χ1v) is 8.58. The number of ether oxygens (including phenoxy) is 2. The summed E-state index contributed by atoms with van der Waals surface area (Å²) < 4.78 is 10.5. The van der Waals surface area contributed by atoms with Crippen molar-refractivity contribution in [1.82, 2.24) is 15.2 Å². The second-order valence-electron chi connectivity index (χ2n) is 6.36. The zero-order valence-corrected chi connectivity index (χ0v) is 14.8. The molecule has 27 heavy (non-hydrogen) atoms. The van der Waals surface area contributed by atoms with Gasteiger partial charge in [-0.05, 0) is 35.9 Å². The predicted molar refractivity (Wildman–Crippen MR) is 99.7 cm³/mol. The molecule has 138 valence electrons. The lowest BCUT2D eigenvalue weighted by Crippen LogP contribution is -2.37. The summed E-state index contributed by atoms with van der Waals surface area (Å²) in [6, 6.07) is 12.9. The summed E-state index contributed by atoms with van der Waals surface area (Å²) >= 11 is 0. The number of nitrogens with one attached hydrogen (secondary N) is 2. The van der Waals surface area contributed by atoms with E-state index in [0.717, 1.165) is 16.5 Å². The molecule has 0 atom stereocenters. The van der Waals surface area contributed by atoms with Crippen molar-refractivity contribution < 1.29 is 19.1 Å². The third kappa shape index (κ3) is 3.44. The van der Waals surface area contributed by atoms with Crippen LogP contribution in [0.2, 0.25) is 0 Å². The Balaban J connectivity index is 1.36. The molecule has 7 nitrogen and oxygen atoms in total. The molecule has 0 fully saturated rings. The summed E-state index contributed by atoms with van der Waals surface area (Å²) in [4.78, 5) is 29.4. The van der Waals surface area contributed by atoms with Gasteiger partial charge in [-0.1, -0.05) is 12.1 Å². The molecule has 0 spiro atoms. The number of carbonyl (C=O) groups is 2. The lowest BCUT2D eigenvalue weighted by Gasteiger charge is -2.18. The second-order valence-corrected chi connectivity index (χ2v) is 6.36. The first-order valence-electron chi connectivity index (χ1n) is 8.58. The van der Waals surface area contributed by atoms with Gasteiger partial charge in [0, 0.05) is 36.3 Å². The number of benzene rings is 2. The minimum absolute atomic E-state index is 0.0765. The third-order valence-electron chi connectivity index (χ3n) is 4.55. The van der Waals surface area contributed by atoms with E-state index in [2.05, 4.69) is 10.3 Å². The van der Waals surface area contributed by atoms with Crippen LogP contribution in [0.5, 0.6) is 11.5 Å². The molecule has 3 aromatic rings. The summed E-state index contributed by atoms with van der Waals surface area (Å²) in [7, 11) is 1.72. The maximum Gasteiger partial charge on any atom is 0.251 e. The van der Waals surface area contributed by atoms with E-state index < -0.39 is 0 Å². The Hall–Kier alpha value is -3.48. The van der Waals surface area contributed by atoms with E-state index in [9.17, 15) is 9.59 Å². The van der Waals surface area contributed by atoms with Gasteiger partial charge < -0.3 is 24.7 Å². The molecule has 0 aliphatic carbocycles. The summed E-state index contributed by atoms with van der Waals surface area (Å²) in [5.74, 6) is 0.645. The summed E-state index contributed by atoms with van der Waals surface area (Å²) in [6.07, 6.45) is 1.88. The van der Waals surface area contributed by atoms with Crippen molar-refractivity contribution in [3.05, 3.63) is 59.8 Å². The van der Waals surface area contributed by atoms with Gasteiger partial charge in [0.1, 0.15) is 0 Å². The highest BCUT2D eigenvalue weighted by atomic mass is 16.7. The Labute approximate surface area is 155 Å². The van der Waals surface area contributed by atoms with Crippen LogP contribution < -0.4 is 14.8 Å². The molecule has 4 rings (SSSR count). The topological polar surface area (TPSA) is 83.7 Å². The fourth-order valence-electron chi connectivity index (χ4n) is 3.06. The lowest BCUT2D eigenvalue weighted by atomic mass is 10.1. The zero-order valence-electron chi connectivity index (χ0n) is 14.8. The molecule has 0 saturated carbocycles. The van der Waals surface area contributed by atoms with Crippen molar-refractivity contribution in [2.24, 2.45) is 0 Å². The number of hydrogen-bond acceptors (Lipinski definition) is 4. The van der Waals surface area contributed by atoms with Crippen LogP contribution in [0, 0.1) is 0 Å². The number of hydrogen-bond donors (Lipinski definition) is 2. The van der Waals surface area contributed by atoms with E-state index in [0.29, 0.717) is 23.6 Å². The SMILES string of the molecule is CN(Cc1cccc2[nH]ccc12)C(=O)CNC(=O)c1ccc2c(c1)OCO2. The minimum atomic E-state index is -0.331. The molecule has 2 heterocycles. The molecule has 1 aliphatic heterocycles. The second kappa shape index (κ2) is 7.03. The fraction of sp³-hybridized carbons (Fsp3) is 0.200. The van der Waals surface area contributed by atoms with Gasteiger partial charge in [0.05, 0.1) is 6.54 Å². The maximum absolute atomic E-state index is 12.4. The van der Waals surface area contributed by atoms with Gasteiger partial charge in [-0.2, -0.15) is 0 Å². The Morgan fingerprint density at radius 1 is 1.15 bits per heavy atom. The van der Waals surface area contributed by atoms with E-state index in [1.807, 2.05) is 30.5 Å². The van der Waals surface area contributed by atoms with Gasteiger partial charge in [-0.3, -0.25) is 9.59 Å². The van der Waals surface area contributed by atoms with Crippen molar-refractivity contribution >= 4 is 22.7 Å². The normalized spacial score (nSPS) is 12.2. The molecule has 0 unspecified atom stereocenters. The largest absolute Gasteiger partial charge is 0.454 e. The van der Waals surface area contributed by atoms with E-state index in [4.69, 9.17) is 9.47 Å². The molecule has 7 heteroatoms. The van der Waals surface area contributed by atoms with Crippen molar-refractivity contribution in [2.75, 3.05) is 20.4 Å². The number of rotatable bonds is 5. The van der Waals surface area contributed by atoms with Crippen LogP contribution in [0.15, 0.2) is 48.7 Å². The minimum Gasteiger partial charge on any atom is -0.454 e. The smallest absolute Gasteiger partial charge is 0.251 e. The van der Waals surface area contributed by atoms with Crippen molar-refractivity contribution in [1.29, 1.82) is 0 Å². The number of carbonyl (C=O) groups excluding carboxylic acids is 2. The zero-order chi connectivity index (χ0) is 18.8. The van der Waals surface area contributed by atoms with Crippen molar-refractivity contribution in [3.8, 4) is 11.5 Å². The Morgan fingerprint density at radius 3 is 2.89 bits per heavy atom. The van der Waals surface area contributed by atoms with Gasteiger partial charge in [-0.15, -0.1) is 0 Å². The molecule has 2 N–H and O–H groups in total. The first kappa shape index (κ1) is 17.0. The summed E-state index contributed by atoms with van der Waals surface area (Å²) in [5, 5.41) is 3.74. The fourth-order valence-corrected chi connectivity index (χ4v) is 3.06.